The molecule has 1 saturated carbocycles. The van der Waals surface area contributed by atoms with Gasteiger partial charge in [-0.05, 0) is 18.3 Å². The first kappa shape index (κ1) is 8.25. The molecule has 0 N–H and O–H groups in total. The number of halogens is 1. The summed E-state index contributed by atoms with van der Waals surface area (Å²) in [7, 11) is 0. The van der Waals surface area contributed by atoms with Crippen LogP contribution in [0.3, 0.4) is 0 Å². The van der Waals surface area contributed by atoms with Gasteiger partial charge in [0.15, 0.2) is 0 Å². The van der Waals surface area contributed by atoms with Crippen LogP contribution < -0.4 is 0 Å². The molecule has 0 bridgehead atoms. The highest BCUT2D eigenvalue weighted by atomic mass is 79.9. The van der Waals surface area contributed by atoms with E-state index in [-0.39, 0.29) is 4.83 Å². The molecule has 1 nitrogen and oxygen atoms in total. The van der Waals surface area contributed by atoms with Gasteiger partial charge in [0.2, 0.25) is 0 Å². The van der Waals surface area contributed by atoms with Crippen LogP contribution in [0.15, 0.2) is 0 Å². The lowest BCUT2D eigenvalue weighted by Crippen LogP contribution is -2.18. The van der Waals surface area contributed by atoms with Crippen LogP contribution in [0.25, 0.3) is 0 Å². The van der Waals surface area contributed by atoms with Crippen LogP contribution >= 0.6 is 15.9 Å². The molecule has 2 unspecified atom stereocenters. The van der Waals surface area contributed by atoms with Crippen molar-refractivity contribution in [1.29, 1.82) is 0 Å². The second kappa shape index (κ2) is 3.04. The molecule has 2 atom stereocenters. The predicted octanol–water partition coefficient (Wildman–Crippen LogP) is 2.39. The minimum atomic E-state index is 0.146. The highest BCUT2D eigenvalue weighted by molar-refractivity contribution is 9.10. The van der Waals surface area contributed by atoms with E-state index in [1.54, 1.807) is 0 Å². The number of ketones is 1. The van der Waals surface area contributed by atoms with Crippen molar-refractivity contribution < 1.29 is 4.79 Å². The van der Waals surface area contributed by atoms with E-state index < -0.39 is 0 Å². The summed E-state index contributed by atoms with van der Waals surface area (Å²) >= 11 is 3.42. The smallest absolute Gasteiger partial charge is 0.146 e. The summed E-state index contributed by atoms with van der Waals surface area (Å²) < 4.78 is 0. The van der Waals surface area contributed by atoms with Gasteiger partial charge in [0.1, 0.15) is 5.78 Å². The normalized spacial score (nSPS) is 33.8. The van der Waals surface area contributed by atoms with E-state index in [0.717, 1.165) is 12.8 Å². The first-order valence-corrected chi connectivity index (χ1v) is 4.71. The summed E-state index contributed by atoms with van der Waals surface area (Å²) in [5, 5.41) is 0. The average molecular weight is 205 g/mol. The first-order chi connectivity index (χ1) is 4.63. The minimum absolute atomic E-state index is 0.146. The molecule has 1 aliphatic rings. The van der Waals surface area contributed by atoms with Crippen LogP contribution in [0, 0.1) is 11.8 Å². The topological polar surface area (TPSA) is 17.1 Å². The number of Topliss-reactive ketones (excluding diaryl/α,β-unsaturated/α-hetero) is 1. The standard InChI is InChI=1S/C8H13BrO/c1-5(2)6-3-4-7(10)8(6)9/h5-6,8H,3-4H2,1-2H3. The highest BCUT2D eigenvalue weighted by Gasteiger charge is 2.33. The second-order valence-electron chi connectivity index (χ2n) is 3.31. The van der Waals surface area contributed by atoms with Crippen LogP contribution in [0.5, 0.6) is 0 Å². The van der Waals surface area contributed by atoms with E-state index in [2.05, 4.69) is 29.8 Å². The van der Waals surface area contributed by atoms with Gasteiger partial charge in [-0.1, -0.05) is 29.8 Å². The SMILES string of the molecule is CC(C)C1CCC(=O)C1Br. The summed E-state index contributed by atoms with van der Waals surface area (Å²) in [6.07, 6.45) is 1.85. The highest BCUT2D eigenvalue weighted by Crippen LogP contribution is 2.33. The summed E-state index contributed by atoms with van der Waals surface area (Å²) in [4.78, 5) is 11.2. The fraction of sp³-hybridized carbons (Fsp3) is 0.875. The number of hydrogen-bond donors (Lipinski definition) is 0. The lowest BCUT2D eigenvalue weighted by atomic mass is 9.95. The Hall–Kier alpha value is 0.150. The first-order valence-electron chi connectivity index (χ1n) is 3.79. The number of carbonyl (C=O) groups excluding carboxylic acids is 1. The van der Waals surface area contributed by atoms with Gasteiger partial charge in [-0.3, -0.25) is 4.79 Å². The van der Waals surface area contributed by atoms with Crippen molar-refractivity contribution in [3.8, 4) is 0 Å². The van der Waals surface area contributed by atoms with Gasteiger partial charge in [-0.25, -0.2) is 0 Å². The Labute approximate surface area is 70.3 Å². The molecule has 0 aromatic carbocycles. The average Bonchev–Trinajstić information content (AvgIpc) is 2.14. The van der Waals surface area contributed by atoms with Crippen molar-refractivity contribution in [2.45, 2.75) is 31.5 Å². The van der Waals surface area contributed by atoms with Crippen LogP contribution in [0.4, 0.5) is 0 Å². The molecule has 0 aromatic heterocycles. The van der Waals surface area contributed by atoms with E-state index in [4.69, 9.17) is 0 Å². The zero-order chi connectivity index (χ0) is 7.72. The molecule has 2 heteroatoms. The molecule has 58 valence electrons. The van der Waals surface area contributed by atoms with Crippen LogP contribution in [0.2, 0.25) is 0 Å². The van der Waals surface area contributed by atoms with Crippen LogP contribution in [-0.4, -0.2) is 10.6 Å². The maximum absolute atomic E-state index is 11.0. The molecule has 0 radical (unpaired) electrons. The Morgan fingerprint density at radius 2 is 2.20 bits per heavy atom. The van der Waals surface area contributed by atoms with Crippen molar-refractivity contribution in [3.63, 3.8) is 0 Å². The van der Waals surface area contributed by atoms with Crippen molar-refractivity contribution in [3.05, 3.63) is 0 Å². The van der Waals surface area contributed by atoms with Gasteiger partial charge in [0.25, 0.3) is 0 Å². The molecule has 1 fully saturated rings. The maximum Gasteiger partial charge on any atom is 0.146 e. The third-order valence-electron chi connectivity index (χ3n) is 2.26. The van der Waals surface area contributed by atoms with Gasteiger partial charge in [-0.15, -0.1) is 0 Å². The molecule has 1 rings (SSSR count). The predicted molar refractivity (Wildman–Crippen MR) is 45.3 cm³/mol. The maximum atomic E-state index is 11.0. The fourth-order valence-electron chi connectivity index (χ4n) is 1.50. The molecule has 0 spiro atoms. The summed E-state index contributed by atoms with van der Waals surface area (Å²) in [5.74, 6) is 1.60. The van der Waals surface area contributed by atoms with E-state index in [0.29, 0.717) is 17.6 Å². The van der Waals surface area contributed by atoms with E-state index >= 15 is 0 Å². The molecular formula is C8H13BrO. The molecule has 0 amide bonds. The van der Waals surface area contributed by atoms with Gasteiger partial charge in [0, 0.05) is 6.42 Å². The second-order valence-corrected chi connectivity index (χ2v) is 4.30. The number of hydrogen-bond acceptors (Lipinski definition) is 1. The third-order valence-corrected chi connectivity index (χ3v) is 3.45. The molecular weight excluding hydrogens is 192 g/mol. The molecule has 0 aromatic rings. The minimum Gasteiger partial charge on any atom is -0.298 e. The van der Waals surface area contributed by atoms with Crippen molar-refractivity contribution in [1.82, 2.24) is 0 Å². The van der Waals surface area contributed by atoms with E-state index in [1.807, 2.05) is 0 Å². The van der Waals surface area contributed by atoms with Crippen LogP contribution in [0.1, 0.15) is 26.7 Å². The van der Waals surface area contributed by atoms with E-state index in [9.17, 15) is 4.79 Å². The Kier molecular flexibility index (Phi) is 2.50. The Balaban J connectivity index is 2.57. The fourth-order valence-corrected chi connectivity index (χ4v) is 2.61. The zero-order valence-electron chi connectivity index (χ0n) is 6.43. The lowest BCUT2D eigenvalue weighted by Gasteiger charge is -2.16. The zero-order valence-corrected chi connectivity index (χ0v) is 8.02. The van der Waals surface area contributed by atoms with Gasteiger partial charge < -0.3 is 0 Å². The number of carbonyl (C=O) groups is 1. The quantitative estimate of drug-likeness (QED) is 0.600. The van der Waals surface area contributed by atoms with Gasteiger partial charge in [-0.2, -0.15) is 0 Å². The summed E-state index contributed by atoms with van der Waals surface area (Å²) in [5.41, 5.74) is 0. The van der Waals surface area contributed by atoms with Crippen molar-refractivity contribution >= 4 is 21.7 Å². The monoisotopic (exact) mass is 204 g/mol. The van der Waals surface area contributed by atoms with Crippen LogP contribution in [-0.2, 0) is 4.79 Å². The summed E-state index contributed by atoms with van der Waals surface area (Å²) in [6, 6.07) is 0. The molecule has 0 aliphatic heterocycles. The molecule has 1 aliphatic carbocycles. The van der Waals surface area contributed by atoms with Crippen molar-refractivity contribution in [2.75, 3.05) is 0 Å². The number of alkyl halides is 1. The van der Waals surface area contributed by atoms with Crippen molar-refractivity contribution in [2.24, 2.45) is 11.8 Å². The Morgan fingerprint density at radius 3 is 2.40 bits per heavy atom. The molecule has 0 saturated heterocycles. The Bertz CT molecular complexity index is 142. The van der Waals surface area contributed by atoms with E-state index in [1.165, 1.54) is 0 Å². The third kappa shape index (κ3) is 1.42. The molecule has 0 heterocycles. The number of rotatable bonds is 1. The molecule has 10 heavy (non-hydrogen) atoms. The Morgan fingerprint density at radius 1 is 1.60 bits per heavy atom. The van der Waals surface area contributed by atoms with Gasteiger partial charge in [0.05, 0.1) is 4.83 Å². The summed E-state index contributed by atoms with van der Waals surface area (Å²) in [6.45, 7) is 4.36. The lowest BCUT2D eigenvalue weighted by molar-refractivity contribution is -0.117. The largest absolute Gasteiger partial charge is 0.298 e. The van der Waals surface area contributed by atoms with Gasteiger partial charge >= 0.3 is 0 Å².